The van der Waals surface area contributed by atoms with Crippen molar-refractivity contribution in [2.24, 2.45) is 0 Å². The van der Waals surface area contributed by atoms with Crippen molar-refractivity contribution >= 4 is 5.97 Å². The molecule has 0 aliphatic heterocycles. The van der Waals surface area contributed by atoms with Crippen molar-refractivity contribution in [2.45, 2.75) is 31.5 Å². The zero-order valence-corrected chi connectivity index (χ0v) is 5.58. The maximum absolute atomic E-state index is 10.0. The molecule has 0 aromatic rings. The summed E-state index contributed by atoms with van der Waals surface area (Å²) in [7, 11) is 0. The molecule has 0 amide bonds. The molecule has 0 aromatic carbocycles. The molecule has 1 fully saturated rings. The monoisotopic (exact) mass is 145 g/mol. The Balaban J connectivity index is 2.07. The van der Waals surface area contributed by atoms with Crippen LogP contribution in [0.25, 0.3) is 0 Å². The minimum absolute atomic E-state index is 0.212. The zero-order chi connectivity index (χ0) is 7.56. The van der Waals surface area contributed by atoms with Crippen molar-refractivity contribution in [3.63, 3.8) is 0 Å². The van der Waals surface area contributed by atoms with E-state index >= 15 is 0 Å². The van der Waals surface area contributed by atoms with E-state index < -0.39 is 12.2 Å². The van der Waals surface area contributed by atoms with Crippen molar-refractivity contribution in [3.8, 4) is 0 Å². The number of rotatable bonds is 4. The van der Waals surface area contributed by atoms with Gasteiger partial charge in [-0.3, -0.25) is 10.1 Å². The first-order valence-corrected chi connectivity index (χ1v) is 3.34. The van der Waals surface area contributed by atoms with Crippen molar-refractivity contribution in [3.05, 3.63) is 0 Å². The molecule has 58 valence electrons. The van der Waals surface area contributed by atoms with Crippen molar-refractivity contribution in [1.29, 1.82) is 0 Å². The lowest BCUT2D eigenvalue weighted by Crippen LogP contribution is -2.32. The summed E-state index contributed by atoms with van der Waals surface area (Å²) in [4.78, 5) is 10.0. The predicted molar refractivity (Wildman–Crippen MR) is 34.4 cm³/mol. The predicted octanol–water partition coefficient (Wildman–Crippen LogP) is -0.469. The number of carboxylic acids is 1. The number of hydrogen-bond donors (Lipinski definition) is 3. The number of hydrogen-bond acceptors (Lipinski definition) is 3. The van der Waals surface area contributed by atoms with E-state index in [-0.39, 0.29) is 6.42 Å². The first-order chi connectivity index (χ1) is 4.68. The van der Waals surface area contributed by atoms with Crippen LogP contribution in [0, 0.1) is 0 Å². The molecule has 0 bridgehead atoms. The van der Waals surface area contributed by atoms with Gasteiger partial charge in [0.15, 0.2) is 0 Å². The fraction of sp³-hybridized carbons (Fsp3) is 0.833. The molecule has 0 spiro atoms. The molecule has 3 N–H and O–H groups in total. The van der Waals surface area contributed by atoms with Gasteiger partial charge in [-0.1, -0.05) is 0 Å². The van der Waals surface area contributed by atoms with E-state index in [1.807, 2.05) is 0 Å². The maximum Gasteiger partial charge on any atom is 0.307 e. The third-order valence-corrected chi connectivity index (χ3v) is 1.37. The molecule has 4 heteroatoms. The van der Waals surface area contributed by atoms with Crippen LogP contribution in [0.5, 0.6) is 0 Å². The van der Waals surface area contributed by atoms with Crippen LogP contribution in [0.2, 0.25) is 0 Å². The summed E-state index contributed by atoms with van der Waals surface area (Å²) in [5.74, 6) is -0.972. The van der Waals surface area contributed by atoms with Gasteiger partial charge in [0.25, 0.3) is 0 Å². The number of nitrogens with one attached hydrogen (secondary N) is 1. The molecule has 1 unspecified atom stereocenters. The van der Waals surface area contributed by atoms with Gasteiger partial charge in [-0.25, -0.2) is 0 Å². The lowest BCUT2D eigenvalue weighted by Gasteiger charge is -2.07. The second-order valence-corrected chi connectivity index (χ2v) is 2.55. The van der Waals surface area contributed by atoms with E-state index in [4.69, 9.17) is 10.2 Å². The molecule has 1 atom stereocenters. The second kappa shape index (κ2) is 2.98. The number of carboxylic acid groups (broad SMARTS) is 1. The highest BCUT2D eigenvalue weighted by Crippen LogP contribution is 2.19. The Morgan fingerprint density at radius 1 is 1.70 bits per heavy atom. The molecule has 1 aliphatic carbocycles. The van der Waals surface area contributed by atoms with Gasteiger partial charge < -0.3 is 10.2 Å². The molecule has 0 aromatic heterocycles. The Bertz CT molecular complexity index is 133. The van der Waals surface area contributed by atoms with Gasteiger partial charge in [-0.05, 0) is 12.8 Å². The van der Waals surface area contributed by atoms with E-state index in [0.29, 0.717) is 6.04 Å². The van der Waals surface area contributed by atoms with E-state index in [0.717, 1.165) is 12.8 Å². The Hall–Kier alpha value is -0.610. The molecule has 1 saturated carbocycles. The number of aliphatic hydroxyl groups is 1. The minimum atomic E-state index is -0.972. The van der Waals surface area contributed by atoms with Crippen LogP contribution >= 0.6 is 0 Å². The highest BCUT2D eigenvalue weighted by molar-refractivity contribution is 5.67. The summed E-state index contributed by atoms with van der Waals surface area (Å²) in [5.41, 5.74) is 0. The summed E-state index contributed by atoms with van der Waals surface area (Å²) in [6, 6.07) is 0.356. The molecule has 4 nitrogen and oxygen atoms in total. The van der Waals surface area contributed by atoms with Crippen LogP contribution in [-0.4, -0.2) is 28.5 Å². The van der Waals surface area contributed by atoms with E-state index in [9.17, 15) is 4.79 Å². The largest absolute Gasteiger partial charge is 0.481 e. The number of aliphatic carboxylic acids is 1. The average molecular weight is 145 g/mol. The SMILES string of the molecule is O=C(O)CC(O)NC1CC1. The standard InChI is InChI=1S/C6H11NO3/c8-5(3-6(9)10)7-4-1-2-4/h4-5,7-8H,1-3H2,(H,9,10). The van der Waals surface area contributed by atoms with Crippen LogP contribution in [0.15, 0.2) is 0 Å². The van der Waals surface area contributed by atoms with Gasteiger partial charge >= 0.3 is 5.97 Å². The third-order valence-electron chi connectivity index (χ3n) is 1.37. The lowest BCUT2D eigenvalue weighted by atomic mass is 10.4. The topological polar surface area (TPSA) is 69.6 Å². The highest BCUT2D eigenvalue weighted by atomic mass is 16.4. The summed E-state index contributed by atoms with van der Waals surface area (Å²) in [6.07, 6.45) is 1.02. The normalized spacial score (nSPS) is 20.5. The summed E-state index contributed by atoms with van der Waals surface area (Å²) < 4.78 is 0. The van der Waals surface area contributed by atoms with Crippen LogP contribution in [-0.2, 0) is 4.79 Å². The average Bonchev–Trinajstić information content (AvgIpc) is 2.46. The van der Waals surface area contributed by atoms with Gasteiger partial charge in [0.2, 0.25) is 0 Å². The first kappa shape index (κ1) is 7.50. The Morgan fingerprint density at radius 3 is 2.70 bits per heavy atom. The van der Waals surface area contributed by atoms with Crippen molar-refractivity contribution < 1.29 is 15.0 Å². The fourth-order valence-electron chi connectivity index (χ4n) is 0.746. The molecular weight excluding hydrogens is 134 g/mol. The van der Waals surface area contributed by atoms with Gasteiger partial charge in [0, 0.05) is 6.04 Å². The quantitative estimate of drug-likeness (QED) is 0.468. The van der Waals surface area contributed by atoms with Gasteiger partial charge in [0.05, 0.1) is 6.42 Å². The molecule has 0 heterocycles. The van der Waals surface area contributed by atoms with Crippen molar-refractivity contribution in [2.75, 3.05) is 0 Å². The summed E-state index contributed by atoms with van der Waals surface area (Å²) in [6.45, 7) is 0. The molecule has 0 radical (unpaired) electrons. The maximum atomic E-state index is 10.0. The molecular formula is C6H11NO3. The smallest absolute Gasteiger partial charge is 0.307 e. The number of aliphatic hydroxyl groups excluding tert-OH is 1. The minimum Gasteiger partial charge on any atom is -0.481 e. The lowest BCUT2D eigenvalue weighted by molar-refractivity contribution is -0.139. The Kier molecular flexibility index (Phi) is 2.24. The fourth-order valence-corrected chi connectivity index (χ4v) is 0.746. The second-order valence-electron chi connectivity index (χ2n) is 2.55. The van der Waals surface area contributed by atoms with E-state index in [1.165, 1.54) is 0 Å². The zero-order valence-electron chi connectivity index (χ0n) is 5.58. The van der Waals surface area contributed by atoms with Gasteiger partial charge in [0.1, 0.15) is 6.23 Å². The Labute approximate surface area is 58.9 Å². The third kappa shape index (κ3) is 2.80. The summed E-state index contributed by atoms with van der Waals surface area (Å²) >= 11 is 0. The Morgan fingerprint density at radius 2 is 2.30 bits per heavy atom. The highest BCUT2D eigenvalue weighted by Gasteiger charge is 2.24. The van der Waals surface area contributed by atoms with Gasteiger partial charge in [-0.2, -0.15) is 0 Å². The molecule has 10 heavy (non-hydrogen) atoms. The first-order valence-electron chi connectivity index (χ1n) is 3.34. The van der Waals surface area contributed by atoms with E-state index in [1.54, 1.807) is 0 Å². The van der Waals surface area contributed by atoms with Crippen LogP contribution in [0.1, 0.15) is 19.3 Å². The molecule has 1 rings (SSSR count). The van der Waals surface area contributed by atoms with Crippen molar-refractivity contribution in [1.82, 2.24) is 5.32 Å². The number of carbonyl (C=O) groups is 1. The van der Waals surface area contributed by atoms with Gasteiger partial charge in [-0.15, -0.1) is 0 Å². The summed E-state index contributed by atoms with van der Waals surface area (Å²) in [5, 5.41) is 19.9. The molecule has 0 saturated heterocycles. The van der Waals surface area contributed by atoms with E-state index in [2.05, 4.69) is 5.32 Å². The van der Waals surface area contributed by atoms with Crippen LogP contribution in [0.3, 0.4) is 0 Å². The van der Waals surface area contributed by atoms with Crippen LogP contribution in [0.4, 0.5) is 0 Å². The van der Waals surface area contributed by atoms with Crippen LogP contribution < -0.4 is 5.32 Å². The molecule has 1 aliphatic rings.